The zero-order valence-corrected chi connectivity index (χ0v) is 11.9. The van der Waals surface area contributed by atoms with Gasteiger partial charge >= 0.3 is 5.97 Å². The highest BCUT2D eigenvalue weighted by atomic mass is 16.4. The van der Waals surface area contributed by atoms with Crippen LogP contribution in [0.1, 0.15) is 37.0 Å². The van der Waals surface area contributed by atoms with Crippen LogP contribution in [-0.4, -0.2) is 26.4 Å². The van der Waals surface area contributed by atoms with Crippen LogP contribution in [0.3, 0.4) is 0 Å². The molecule has 0 saturated carbocycles. The van der Waals surface area contributed by atoms with Crippen molar-refractivity contribution >= 4 is 22.8 Å². The number of carboxylic acids is 1. The second kappa shape index (κ2) is 5.45. The van der Waals surface area contributed by atoms with Gasteiger partial charge in [0.25, 0.3) is 0 Å². The minimum absolute atomic E-state index is 0.0231. The normalized spacial score (nSPS) is 11.2. The Kier molecular flexibility index (Phi) is 3.88. The summed E-state index contributed by atoms with van der Waals surface area (Å²) in [5.74, 6) is 0.208. The lowest BCUT2D eigenvalue weighted by atomic mass is 10.1. The number of carbonyl (C=O) groups is 2. The van der Waals surface area contributed by atoms with E-state index in [9.17, 15) is 9.59 Å². The molecule has 0 radical (unpaired) electrons. The highest BCUT2D eigenvalue weighted by Crippen LogP contribution is 2.20. The number of ketones is 1. The van der Waals surface area contributed by atoms with Gasteiger partial charge in [0.15, 0.2) is 5.78 Å². The van der Waals surface area contributed by atoms with Gasteiger partial charge in [-0.1, -0.05) is 13.8 Å². The van der Waals surface area contributed by atoms with E-state index < -0.39 is 5.97 Å². The Balaban J connectivity index is 2.58. The van der Waals surface area contributed by atoms with E-state index in [2.05, 4.69) is 18.8 Å². The number of hydrogen-bond donors (Lipinski definition) is 1. The summed E-state index contributed by atoms with van der Waals surface area (Å²) < 4.78 is 1.71. The highest BCUT2D eigenvalue weighted by Gasteiger charge is 2.15. The molecule has 1 aromatic carbocycles. The van der Waals surface area contributed by atoms with E-state index >= 15 is 0 Å². The molecule has 0 fully saturated rings. The molecule has 0 bridgehead atoms. The SMILES string of the molecule is CC(=O)c1ccc2c(c1)nc(CC(C)C)n2CC(=O)O. The van der Waals surface area contributed by atoms with Crippen molar-refractivity contribution < 1.29 is 14.7 Å². The fourth-order valence-corrected chi connectivity index (χ4v) is 2.23. The molecule has 0 atom stereocenters. The Morgan fingerprint density at radius 2 is 2.05 bits per heavy atom. The first kappa shape index (κ1) is 14.2. The van der Waals surface area contributed by atoms with Crippen molar-refractivity contribution in [2.45, 2.75) is 33.7 Å². The van der Waals surface area contributed by atoms with Gasteiger partial charge in [0, 0.05) is 12.0 Å². The molecule has 5 nitrogen and oxygen atoms in total. The quantitative estimate of drug-likeness (QED) is 0.850. The average Bonchev–Trinajstić information content (AvgIpc) is 2.65. The van der Waals surface area contributed by atoms with Crippen LogP contribution in [-0.2, 0) is 17.8 Å². The van der Waals surface area contributed by atoms with E-state index in [1.807, 2.05) is 0 Å². The third-order valence-corrected chi connectivity index (χ3v) is 3.12. The van der Waals surface area contributed by atoms with Gasteiger partial charge in [-0.2, -0.15) is 0 Å². The number of aliphatic carboxylic acids is 1. The molecule has 1 aromatic heterocycles. The van der Waals surface area contributed by atoms with Gasteiger partial charge in [0.2, 0.25) is 0 Å². The maximum atomic E-state index is 11.4. The largest absolute Gasteiger partial charge is 0.480 e. The molecule has 0 unspecified atom stereocenters. The second-order valence-corrected chi connectivity index (χ2v) is 5.37. The third kappa shape index (κ3) is 2.87. The molecular weight excluding hydrogens is 256 g/mol. The van der Waals surface area contributed by atoms with Crippen molar-refractivity contribution in [3.05, 3.63) is 29.6 Å². The van der Waals surface area contributed by atoms with Gasteiger partial charge in [-0.15, -0.1) is 0 Å². The average molecular weight is 274 g/mol. The summed E-state index contributed by atoms with van der Waals surface area (Å²) in [4.78, 5) is 26.9. The zero-order valence-electron chi connectivity index (χ0n) is 11.9. The number of fused-ring (bicyclic) bond motifs is 1. The van der Waals surface area contributed by atoms with Crippen molar-refractivity contribution in [3.63, 3.8) is 0 Å². The molecule has 5 heteroatoms. The first-order valence-corrected chi connectivity index (χ1v) is 6.60. The molecule has 0 aliphatic heterocycles. The van der Waals surface area contributed by atoms with Gasteiger partial charge in [-0.3, -0.25) is 9.59 Å². The van der Waals surface area contributed by atoms with Crippen molar-refractivity contribution in [2.75, 3.05) is 0 Å². The summed E-state index contributed by atoms with van der Waals surface area (Å²) in [6.07, 6.45) is 0.706. The number of carbonyl (C=O) groups excluding carboxylic acids is 1. The van der Waals surface area contributed by atoms with E-state index in [0.717, 1.165) is 11.3 Å². The molecule has 1 N–H and O–H groups in total. The van der Waals surface area contributed by atoms with Crippen LogP contribution in [0.4, 0.5) is 0 Å². The van der Waals surface area contributed by atoms with Gasteiger partial charge in [-0.25, -0.2) is 4.98 Å². The summed E-state index contributed by atoms with van der Waals surface area (Å²) in [6, 6.07) is 5.20. The van der Waals surface area contributed by atoms with Gasteiger partial charge in [-0.05, 0) is 31.0 Å². The lowest BCUT2D eigenvalue weighted by Gasteiger charge is -2.08. The Morgan fingerprint density at radius 1 is 1.35 bits per heavy atom. The van der Waals surface area contributed by atoms with E-state index in [4.69, 9.17) is 5.11 Å². The molecule has 1 heterocycles. The van der Waals surface area contributed by atoms with Gasteiger partial charge < -0.3 is 9.67 Å². The summed E-state index contributed by atoms with van der Waals surface area (Å²) in [5, 5.41) is 9.04. The van der Waals surface area contributed by atoms with Crippen LogP contribution in [0.2, 0.25) is 0 Å². The molecule has 0 aliphatic rings. The summed E-state index contributed by atoms with van der Waals surface area (Å²) in [7, 11) is 0. The number of hydrogen-bond acceptors (Lipinski definition) is 3. The van der Waals surface area contributed by atoms with Gasteiger partial charge in [0.1, 0.15) is 12.4 Å². The van der Waals surface area contributed by atoms with Crippen LogP contribution in [0, 0.1) is 5.92 Å². The minimum atomic E-state index is -0.898. The van der Waals surface area contributed by atoms with Crippen LogP contribution in [0.15, 0.2) is 18.2 Å². The Hall–Kier alpha value is -2.17. The minimum Gasteiger partial charge on any atom is -0.480 e. The van der Waals surface area contributed by atoms with E-state index in [1.165, 1.54) is 6.92 Å². The summed E-state index contributed by atoms with van der Waals surface area (Å²) in [6.45, 7) is 5.51. The van der Waals surface area contributed by atoms with Crippen molar-refractivity contribution in [3.8, 4) is 0 Å². The predicted molar refractivity (Wildman–Crippen MR) is 75.9 cm³/mol. The monoisotopic (exact) mass is 274 g/mol. The van der Waals surface area contributed by atoms with E-state index in [-0.39, 0.29) is 12.3 Å². The maximum Gasteiger partial charge on any atom is 0.323 e. The smallest absolute Gasteiger partial charge is 0.323 e. The van der Waals surface area contributed by atoms with Crippen LogP contribution in [0.25, 0.3) is 11.0 Å². The number of carboxylic acid groups (broad SMARTS) is 1. The fourth-order valence-electron chi connectivity index (χ4n) is 2.23. The molecule has 2 rings (SSSR count). The number of imidazole rings is 1. The molecule has 0 aliphatic carbocycles. The lowest BCUT2D eigenvalue weighted by Crippen LogP contribution is -2.13. The standard InChI is InChI=1S/C15H18N2O3/c1-9(2)6-14-16-12-7-11(10(3)18)4-5-13(12)17(14)8-15(19)20/h4-5,7,9H,6,8H2,1-3H3,(H,19,20). The van der Waals surface area contributed by atoms with Crippen LogP contribution in [0.5, 0.6) is 0 Å². The number of rotatable bonds is 5. The molecule has 0 spiro atoms. The van der Waals surface area contributed by atoms with E-state index in [0.29, 0.717) is 23.4 Å². The predicted octanol–water partition coefficient (Wildman–Crippen LogP) is 2.52. The molecule has 0 amide bonds. The molecule has 106 valence electrons. The number of nitrogens with zero attached hydrogens (tertiary/aromatic N) is 2. The number of Topliss-reactive ketones (excluding diaryl/α,β-unsaturated/α-hetero) is 1. The number of aromatic nitrogens is 2. The van der Waals surface area contributed by atoms with Crippen molar-refractivity contribution in [1.29, 1.82) is 0 Å². The Morgan fingerprint density at radius 3 is 2.60 bits per heavy atom. The van der Waals surface area contributed by atoms with Crippen molar-refractivity contribution in [2.24, 2.45) is 5.92 Å². The van der Waals surface area contributed by atoms with Crippen molar-refractivity contribution in [1.82, 2.24) is 9.55 Å². The zero-order chi connectivity index (χ0) is 14.9. The van der Waals surface area contributed by atoms with Gasteiger partial charge in [0.05, 0.1) is 11.0 Å². The second-order valence-electron chi connectivity index (χ2n) is 5.37. The Labute approximate surface area is 117 Å². The van der Waals surface area contributed by atoms with Crippen LogP contribution >= 0.6 is 0 Å². The summed E-state index contributed by atoms with van der Waals surface area (Å²) in [5.41, 5.74) is 2.02. The Bertz CT molecular complexity index is 671. The third-order valence-electron chi connectivity index (χ3n) is 3.12. The van der Waals surface area contributed by atoms with Crippen LogP contribution < -0.4 is 0 Å². The fraction of sp³-hybridized carbons (Fsp3) is 0.400. The molecular formula is C15H18N2O3. The molecule has 2 aromatic rings. The highest BCUT2D eigenvalue weighted by molar-refractivity contribution is 5.97. The topological polar surface area (TPSA) is 72.2 Å². The van der Waals surface area contributed by atoms with E-state index in [1.54, 1.807) is 22.8 Å². The molecule has 0 saturated heterocycles. The first-order chi connectivity index (χ1) is 9.38. The summed E-state index contributed by atoms with van der Waals surface area (Å²) >= 11 is 0. The lowest BCUT2D eigenvalue weighted by molar-refractivity contribution is -0.137. The number of benzene rings is 1. The molecule has 20 heavy (non-hydrogen) atoms. The maximum absolute atomic E-state index is 11.4. The first-order valence-electron chi connectivity index (χ1n) is 6.60.